The molecule has 2 aromatic heterocycles. The van der Waals surface area contributed by atoms with Gasteiger partial charge in [0.15, 0.2) is 5.58 Å². The number of benzene rings is 2. The van der Waals surface area contributed by atoms with Gasteiger partial charge >= 0.3 is 0 Å². The highest BCUT2D eigenvalue weighted by Crippen LogP contribution is 2.32. The summed E-state index contributed by atoms with van der Waals surface area (Å²) in [6, 6.07) is 12.2. The molecule has 0 spiro atoms. The molecule has 5 nitrogen and oxygen atoms in total. The van der Waals surface area contributed by atoms with E-state index in [0.717, 1.165) is 16.5 Å². The Labute approximate surface area is 152 Å². The minimum atomic E-state index is -0.352. The lowest BCUT2D eigenvalue weighted by Crippen LogP contribution is -2.14. The lowest BCUT2D eigenvalue weighted by Gasteiger charge is -2.06. The fourth-order valence-corrected chi connectivity index (χ4v) is 3.34. The fraction of sp³-hybridized carbons (Fsp3) is 0.105. The van der Waals surface area contributed by atoms with Crippen LogP contribution in [-0.4, -0.2) is 21.6 Å². The highest BCUT2D eigenvalue weighted by atomic mass is 32.2. The second kappa shape index (κ2) is 6.76. The van der Waals surface area contributed by atoms with E-state index in [-0.39, 0.29) is 17.5 Å². The first-order chi connectivity index (χ1) is 12.6. The molecule has 0 saturated heterocycles. The van der Waals surface area contributed by atoms with Crippen LogP contribution in [0.1, 0.15) is 5.56 Å². The zero-order chi connectivity index (χ0) is 18.1. The van der Waals surface area contributed by atoms with Crippen molar-refractivity contribution in [3.05, 3.63) is 60.2 Å². The van der Waals surface area contributed by atoms with Crippen LogP contribution in [0.3, 0.4) is 0 Å². The van der Waals surface area contributed by atoms with Crippen LogP contribution in [0.5, 0.6) is 0 Å². The Morgan fingerprint density at radius 2 is 2.08 bits per heavy atom. The van der Waals surface area contributed by atoms with E-state index in [1.807, 2.05) is 24.3 Å². The number of thioether (sulfide) groups is 1. The van der Waals surface area contributed by atoms with Gasteiger partial charge in [-0.3, -0.25) is 4.79 Å². The van der Waals surface area contributed by atoms with E-state index in [1.165, 1.54) is 24.2 Å². The number of amides is 1. The van der Waals surface area contributed by atoms with Crippen LogP contribution in [0.25, 0.3) is 22.1 Å². The third kappa shape index (κ3) is 3.13. The Balaban J connectivity index is 1.52. The summed E-state index contributed by atoms with van der Waals surface area (Å²) in [5.74, 6) is -0.477. The lowest BCUT2D eigenvalue weighted by molar-refractivity contribution is -0.113. The fourth-order valence-electron chi connectivity index (χ4n) is 2.61. The molecule has 0 aliphatic carbocycles. The van der Waals surface area contributed by atoms with E-state index in [1.54, 1.807) is 19.1 Å². The number of hydrogen-bond donors (Lipinski definition) is 1. The first-order valence-electron chi connectivity index (χ1n) is 7.93. The number of furan rings is 1. The summed E-state index contributed by atoms with van der Waals surface area (Å²) >= 11 is 1.25. The van der Waals surface area contributed by atoms with Crippen molar-refractivity contribution >= 4 is 45.4 Å². The maximum Gasteiger partial charge on any atom is 0.234 e. The molecule has 0 bridgehead atoms. The number of anilines is 1. The maximum atomic E-state index is 13.6. The second-order valence-corrected chi connectivity index (χ2v) is 6.72. The van der Waals surface area contributed by atoms with E-state index < -0.39 is 0 Å². The van der Waals surface area contributed by atoms with E-state index >= 15 is 0 Å². The Bertz CT molecular complexity index is 1130. The first kappa shape index (κ1) is 16.5. The number of para-hydroxylation sites is 1. The predicted octanol–water partition coefficient (Wildman–Crippen LogP) is 4.55. The van der Waals surface area contributed by atoms with Crippen LogP contribution in [-0.2, 0) is 4.79 Å². The monoisotopic (exact) mass is 367 g/mol. The van der Waals surface area contributed by atoms with E-state index in [9.17, 15) is 9.18 Å². The number of fused-ring (bicyclic) bond motifs is 3. The largest absolute Gasteiger partial charge is 0.451 e. The minimum Gasteiger partial charge on any atom is -0.451 e. The number of carbonyl (C=O) groups is 1. The van der Waals surface area contributed by atoms with Gasteiger partial charge in [-0.25, -0.2) is 14.4 Å². The molecule has 7 heteroatoms. The van der Waals surface area contributed by atoms with Crippen molar-refractivity contribution in [1.82, 2.24) is 9.97 Å². The summed E-state index contributed by atoms with van der Waals surface area (Å²) in [6.45, 7) is 1.67. The SMILES string of the molecule is Cc1ccc(NC(=O)CSc2ncnc3c2oc2ccccc23)cc1F. The molecule has 2 heterocycles. The van der Waals surface area contributed by atoms with Gasteiger partial charge in [0.2, 0.25) is 5.91 Å². The molecule has 0 aliphatic rings. The Morgan fingerprint density at radius 3 is 2.92 bits per heavy atom. The average Bonchev–Trinajstić information content (AvgIpc) is 3.02. The second-order valence-electron chi connectivity index (χ2n) is 5.76. The van der Waals surface area contributed by atoms with Crippen LogP contribution in [0.4, 0.5) is 10.1 Å². The van der Waals surface area contributed by atoms with Gasteiger partial charge in [0.05, 0.1) is 5.75 Å². The van der Waals surface area contributed by atoms with Crippen molar-refractivity contribution in [2.24, 2.45) is 0 Å². The van der Waals surface area contributed by atoms with Gasteiger partial charge in [0.25, 0.3) is 0 Å². The van der Waals surface area contributed by atoms with Crippen LogP contribution in [0.2, 0.25) is 0 Å². The summed E-state index contributed by atoms with van der Waals surface area (Å²) in [5, 5.41) is 4.18. The van der Waals surface area contributed by atoms with E-state index in [0.29, 0.717) is 21.9 Å². The van der Waals surface area contributed by atoms with E-state index in [2.05, 4.69) is 15.3 Å². The van der Waals surface area contributed by atoms with Crippen molar-refractivity contribution in [3.8, 4) is 0 Å². The quantitative estimate of drug-likeness (QED) is 0.423. The standard InChI is InChI=1S/C19H14FN3O2S/c1-11-6-7-12(8-14(11)20)23-16(24)9-26-19-18-17(21-10-22-19)13-4-2-3-5-15(13)25-18/h2-8,10H,9H2,1H3,(H,23,24). The maximum absolute atomic E-state index is 13.6. The molecule has 0 saturated carbocycles. The highest BCUT2D eigenvalue weighted by molar-refractivity contribution is 8.00. The van der Waals surface area contributed by atoms with Gasteiger partial charge < -0.3 is 9.73 Å². The van der Waals surface area contributed by atoms with Gasteiger partial charge in [0.1, 0.15) is 28.3 Å². The Hall–Kier alpha value is -2.93. The van der Waals surface area contributed by atoms with Gasteiger partial charge in [-0.05, 0) is 36.8 Å². The zero-order valence-electron chi connectivity index (χ0n) is 13.8. The summed E-state index contributed by atoms with van der Waals surface area (Å²) in [5.41, 5.74) is 2.97. The van der Waals surface area contributed by atoms with Gasteiger partial charge in [0, 0.05) is 11.1 Å². The zero-order valence-corrected chi connectivity index (χ0v) is 14.6. The highest BCUT2D eigenvalue weighted by Gasteiger charge is 2.14. The number of carbonyl (C=O) groups excluding carboxylic acids is 1. The van der Waals surface area contributed by atoms with Crippen molar-refractivity contribution in [3.63, 3.8) is 0 Å². The molecular formula is C19H14FN3O2S. The van der Waals surface area contributed by atoms with Gasteiger partial charge in [-0.2, -0.15) is 0 Å². The molecule has 0 fully saturated rings. The topological polar surface area (TPSA) is 68.0 Å². The number of aryl methyl sites for hydroxylation is 1. The summed E-state index contributed by atoms with van der Waals surface area (Å²) < 4.78 is 19.4. The van der Waals surface area contributed by atoms with Crippen molar-refractivity contribution < 1.29 is 13.6 Å². The van der Waals surface area contributed by atoms with Crippen LogP contribution in [0.15, 0.2) is 58.2 Å². The number of nitrogens with zero attached hydrogens (tertiary/aromatic N) is 2. The Kier molecular flexibility index (Phi) is 4.30. The third-order valence-electron chi connectivity index (χ3n) is 3.92. The molecule has 0 aliphatic heterocycles. The van der Waals surface area contributed by atoms with Crippen LogP contribution >= 0.6 is 11.8 Å². The van der Waals surface area contributed by atoms with Gasteiger partial charge in [-0.15, -0.1) is 0 Å². The molecule has 4 rings (SSSR count). The average molecular weight is 367 g/mol. The number of aromatic nitrogens is 2. The molecular weight excluding hydrogens is 353 g/mol. The molecule has 130 valence electrons. The van der Waals surface area contributed by atoms with Crippen LogP contribution in [0, 0.1) is 12.7 Å². The lowest BCUT2D eigenvalue weighted by atomic mass is 10.2. The summed E-state index contributed by atoms with van der Waals surface area (Å²) in [7, 11) is 0. The molecule has 0 atom stereocenters. The predicted molar refractivity (Wildman–Crippen MR) is 99.8 cm³/mol. The van der Waals surface area contributed by atoms with Crippen molar-refractivity contribution in [2.75, 3.05) is 11.1 Å². The first-order valence-corrected chi connectivity index (χ1v) is 8.91. The third-order valence-corrected chi connectivity index (χ3v) is 4.89. The molecule has 4 aromatic rings. The molecule has 2 aromatic carbocycles. The minimum absolute atomic E-state index is 0.124. The van der Waals surface area contributed by atoms with Gasteiger partial charge in [-0.1, -0.05) is 30.0 Å². The normalized spacial score (nSPS) is 11.2. The molecule has 26 heavy (non-hydrogen) atoms. The molecule has 1 N–H and O–H groups in total. The van der Waals surface area contributed by atoms with Crippen LogP contribution < -0.4 is 5.32 Å². The Morgan fingerprint density at radius 1 is 1.23 bits per heavy atom. The smallest absolute Gasteiger partial charge is 0.234 e. The molecule has 0 unspecified atom stereocenters. The summed E-state index contributed by atoms with van der Waals surface area (Å²) in [6.07, 6.45) is 1.46. The number of rotatable bonds is 4. The number of nitrogens with one attached hydrogen (secondary N) is 1. The number of halogens is 1. The molecule has 0 radical (unpaired) electrons. The molecule has 1 amide bonds. The summed E-state index contributed by atoms with van der Waals surface area (Å²) in [4.78, 5) is 20.7. The number of hydrogen-bond acceptors (Lipinski definition) is 5. The van der Waals surface area contributed by atoms with Crippen molar-refractivity contribution in [1.29, 1.82) is 0 Å². The van der Waals surface area contributed by atoms with E-state index in [4.69, 9.17) is 4.42 Å². The van der Waals surface area contributed by atoms with Crippen molar-refractivity contribution in [2.45, 2.75) is 11.9 Å².